The number of nitrogens with zero attached hydrogens (tertiary/aromatic N) is 2. The summed E-state index contributed by atoms with van der Waals surface area (Å²) < 4.78 is 41.0. The molecule has 0 radical (unpaired) electrons. The summed E-state index contributed by atoms with van der Waals surface area (Å²) in [5.74, 6) is 1.27. The van der Waals surface area contributed by atoms with E-state index in [1.807, 2.05) is 4.90 Å². The third-order valence-corrected chi connectivity index (χ3v) is 8.20. The third-order valence-electron chi connectivity index (χ3n) is 5.86. The molecule has 1 N–H and O–H groups in total. The van der Waals surface area contributed by atoms with Gasteiger partial charge in [0.05, 0.1) is 15.1 Å². The molecule has 0 bridgehead atoms. The second-order valence-corrected chi connectivity index (χ2v) is 10.8. The van der Waals surface area contributed by atoms with Gasteiger partial charge in [0, 0.05) is 32.6 Å². The highest BCUT2D eigenvalue weighted by Gasteiger charge is 2.20. The fourth-order valence-electron chi connectivity index (χ4n) is 4.07. The molecule has 3 heterocycles. The monoisotopic (exact) mass is 489 g/mol. The zero-order valence-electron chi connectivity index (χ0n) is 17.8. The van der Waals surface area contributed by atoms with Gasteiger partial charge in [-0.25, -0.2) is 13.1 Å². The van der Waals surface area contributed by atoms with E-state index >= 15 is 0 Å². The molecule has 2 aliphatic rings. The first kappa shape index (κ1) is 21.9. The molecule has 2 aliphatic heterocycles. The lowest BCUT2D eigenvalue weighted by Crippen LogP contribution is -2.29. The molecule has 5 rings (SSSR count). The molecule has 1 saturated heterocycles. The van der Waals surface area contributed by atoms with Crippen molar-refractivity contribution < 1.29 is 22.7 Å². The number of hydrogen-bond donors (Lipinski definition) is 1. The van der Waals surface area contributed by atoms with Crippen molar-refractivity contribution in [3.8, 4) is 11.5 Å². The highest BCUT2D eigenvalue weighted by Crippen LogP contribution is 2.32. The average Bonchev–Trinajstić information content (AvgIpc) is 3.55. The van der Waals surface area contributed by atoms with Crippen LogP contribution in [0.15, 0.2) is 46.1 Å². The van der Waals surface area contributed by atoms with Gasteiger partial charge in [0.15, 0.2) is 11.5 Å². The Bertz CT molecular complexity index is 1370. The molecule has 2 aromatic carbocycles. The van der Waals surface area contributed by atoms with Gasteiger partial charge in [0.25, 0.3) is 0 Å². The van der Waals surface area contributed by atoms with Crippen LogP contribution in [0.2, 0.25) is 0 Å². The number of fused-ring (bicyclic) bond motifs is 2. The van der Waals surface area contributed by atoms with Gasteiger partial charge in [0.1, 0.15) is 0 Å². The predicted molar refractivity (Wildman–Crippen MR) is 123 cm³/mol. The Morgan fingerprint density at radius 1 is 1.06 bits per heavy atom. The lowest BCUT2D eigenvalue weighted by Gasteiger charge is -2.15. The van der Waals surface area contributed by atoms with Crippen molar-refractivity contribution in [2.45, 2.75) is 37.2 Å². The molecule has 1 amide bonds. The quantitative estimate of drug-likeness (QED) is 0.546. The Morgan fingerprint density at radius 2 is 1.85 bits per heavy atom. The predicted octanol–water partition coefficient (Wildman–Crippen LogP) is 2.28. The SMILES string of the molecule is O=C(CCn1c(=O)sc2cc(S(=O)(=O)NCc3ccc4c(c3)OCO4)ccc21)N1CCCC1. The van der Waals surface area contributed by atoms with E-state index in [-0.39, 0.29) is 42.0 Å². The Hall–Kier alpha value is -2.89. The number of ether oxygens (including phenoxy) is 2. The molecule has 0 aliphatic carbocycles. The van der Waals surface area contributed by atoms with E-state index in [0.717, 1.165) is 42.8 Å². The Kier molecular flexibility index (Phi) is 5.85. The number of nitrogens with one attached hydrogen (secondary N) is 1. The van der Waals surface area contributed by atoms with Crippen LogP contribution in [0, 0.1) is 0 Å². The van der Waals surface area contributed by atoms with Crippen molar-refractivity contribution in [2.24, 2.45) is 0 Å². The van der Waals surface area contributed by atoms with E-state index in [1.165, 1.54) is 12.1 Å². The number of aryl methyl sites for hydroxylation is 1. The van der Waals surface area contributed by atoms with Crippen molar-refractivity contribution in [3.63, 3.8) is 0 Å². The summed E-state index contributed by atoms with van der Waals surface area (Å²) in [7, 11) is -3.79. The maximum absolute atomic E-state index is 12.8. The lowest BCUT2D eigenvalue weighted by molar-refractivity contribution is -0.130. The molecule has 1 aromatic heterocycles. The molecule has 1 fully saturated rings. The maximum Gasteiger partial charge on any atom is 0.308 e. The summed E-state index contributed by atoms with van der Waals surface area (Å²) in [6.45, 7) is 2.08. The van der Waals surface area contributed by atoms with Crippen molar-refractivity contribution in [2.75, 3.05) is 19.9 Å². The number of carbonyl (C=O) groups is 1. The summed E-state index contributed by atoms with van der Waals surface area (Å²) in [4.78, 5) is 26.5. The van der Waals surface area contributed by atoms with Crippen LogP contribution in [0.5, 0.6) is 11.5 Å². The molecule has 3 aromatic rings. The minimum atomic E-state index is -3.79. The molecule has 11 heteroatoms. The van der Waals surface area contributed by atoms with Crippen LogP contribution in [0.25, 0.3) is 10.2 Å². The van der Waals surface area contributed by atoms with E-state index in [1.54, 1.807) is 28.8 Å². The number of thiazole rings is 1. The second-order valence-electron chi connectivity index (χ2n) is 8.00. The molecule has 0 atom stereocenters. The summed E-state index contributed by atoms with van der Waals surface area (Å²) in [6.07, 6.45) is 2.29. The minimum absolute atomic E-state index is 0.0469. The number of rotatable bonds is 7. The summed E-state index contributed by atoms with van der Waals surface area (Å²) in [5.41, 5.74) is 1.37. The maximum atomic E-state index is 12.8. The van der Waals surface area contributed by atoms with Crippen LogP contribution >= 0.6 is 11.3 Å². The van der Waals surface area contributed by atoms with Crippen molar-refractivity contribution >= 4 is 37.5 Å². The first-order chi connectivity index (χ1) is 15.9. The van der Waals surface area contributed by atoms with Gasteiger partial charge in [-0.1, -0.05) is 17.4 Å². The number of amides is 1. The number of aromatic nitrogens is 1. The molecular formula is C22H23N3O6S2. The second kappa shape index (κ2) is 8.81. The third kappa shape index (κ3) is 4.48. The highest BCUT2D eigenvalue weighted by molar-refractivity contribution is 7.89. The summed E-state index contributed by atoms with van der Waals surface area (Å²) >= 11 is 0.981. The molecule has 0 saturated carbocycles. The summed E-state index contributed by atoms with van der Waals surface area (Å²) in [5, 5.41) is 0. The zero-order valence-corrected chi connectivity index (χ0v) is 19.4. The molecular weight excluding hydrogens is 466 g/mol. The van der Waals surface area contributed by atoms with E-state index in [9.17, 15) is 18.0 Å². The Balaban J connectivity index is 1.30. The van der Waals surface area contributed by atoms with Gasteiger partial charge in [-0.15, -0.1) is 0 Å². The zero-order chi connectivity index (χ0) is 23.0. The van der Waals surface area contributed by atoms with Crippen LogP contribution in [-0.4, -0.2) is 43.7 Å². The molecule has 174 valence electrons. The fraction of sp³-hybridized carbons (Fsp3) is 0.364. The van der Waals surface area contributed by atoms with Gasteiger partial charge in [-0.3, -0.25) is 14.2 Å². The van der Waals surface area contributed by atoms with Gasteiger partial charge < -0.3 is 14.4 Å². The lowest BCUT2D eigenvalue weighted by atomic mass is 10.2. The number of likely N-dealkylation sites (tertiary alicyclic amines) is 1. The van der Waals surface area contributed by atoms with Crippen LogP contribution in [0.1, 0.15) is 24.8 Å². The number of hydrogen-bond acceptors (Lipinski definition) is 7. The average molecular weight is 490 g/mol. The standard InChI is InChI=1S/C22H23N3O6S2/c26-21(24-8-1-2-9-24)7-10-25-17-5-4-16(12-20(17)32-22(25)27)33(28,29)23-13-15-3-6-18-19(11-15)31-14-30-18/h3-6,11-12,23H,1-2,7-10,13-14H2. The first-order valence-electron chi connectivity index (χ1n) is 10.7. The van der Waals surface area contributed by atoms with Crippen LogP contribution < -0.4 is 19.1 Å². The van der Waals surface area contributed by atoms with Crippen molar-refractivity contribution in [3.05, 3.63) is 51.6 Å². The minimum Gasteiger partial charge on any atom is -0.454 e. The highest BCUT2D eigenvalue weighted by atomic mass is 32.2. The molecule has 33 heavy (non-hydrogen) atoms. The largest absolute Gasteiger partial charge is 0.454 e. The van der Waals surface area contributed by atoms with E-state index in [0.29, 0.717) is 21.7 Å². The first-order valence-corrected chi connectivity index (χ1v) is 13.0. The van der Waals surface area contributed by atoms with Gasteiger partial charge in [-0.05, 0) is 48.7 Å². The van der Waals surface area contributed by atoms with Gasteiger partial charge >= 0.3 is 4.87 Å². The molecule has 0 unspecified atom stereocenters. The number of benzene rings is 2. The van der Waals surface area contributed by atoms with Crippen molar-refractivity contribution in [1.29, 1.82) is 0 Å². The van der Waals surface area contributed by atoms with E-state index in [4.69, 9.17) is 9.47 Å². The Labute approximate surface area is 194 Å². The molecule has 0 spiro atoms. The van der Waals surface area contributed by atoms with Crippen LogP contribution in [0.3, 0.4) is 0 Å². The van der Waals surface area contributed by atoms with E-state index < -0.39 is 10.0 Å². The topological polar surface area (TPSA) is 107 Å². The Morgan fingerprint density at radius 3 is 2.67 bits per heavy atom. The fourth-order valence-corrected chi connectivity index (χ4v) is 6.15. The van der Waals surface area contributed by atoms with Gasteiger partial charge in [-0.2, -0.15) is 0 Å². The summed E-state index contributed by atoms with van der Waals surface area (Å²) in [6, 6.07) is 9.87. The van der Waals surface area contributed by atoms with Crippen LogP contribution in [0.4, 0.5) is 0 Å². The molecule has 9 nitrogen and oxygen atoms in total. The van der Waals surface area contributed by atoms with E-state index in [2.05, 4.69) is 4.72 Å². The number of carbonyl (C=O) groups excluding carboxylic acids is 1. The van der Waals surface area contributed by atoms with Crippen molar-refractivity contribution in [1.82, 2.24) is 14.2 Å². The smallest absolute Gasteiger partial charge is 0.308 e. The number of sulfonamides is 1. The van der Waals surface area contributed by atoms with Gasteiger partial charge in [0.2, 0.25) is 22.7 Å². The van der Waals surface area contributed by atoms with Crippen LogP contribution in [-0.2, 0) is 27.9 Å². The normalized spacial score (nSPS) is 15.5.